The van der Waals surface area contributed by atoms with Crippen LogP contribution in [0, 0.1) is 5.95 Å². The van der Waals surface area contributed by atoms with Gasteiger partial charge in [0, 0.05) is 37.8 Å². The summed E-state index contributed by atoms with van der Waals surface area (Å²) in [4.78, 5) is 22.2. The van der Waals surface area contributed by atoms with Crippen LogP contribution in [0.3, 0.4) is 0 Å². The monoisotopic (exact) mass is 504 g/mol. The first kappa shape index (κ1) is 24.7. The SMILES string of the molecule is CC[Si](CC)(CC)c1cc2cnc(O[C@@H]3C[C@H](C)N(Cc4sc(NC(C)=O)nc4F)C3)cn2n1. The predicted molar refractivity (Wildman–Crippen MR) is 135 cm³/mol. The number of rotatable bonds is 9. The van der Waals surface area contributed by atoms with Crippen molar-refractivity contribution in [2.75, 3.05) is 11.9 Å². The van der Waals surface area contributed by atoms with Crippen molar-refractivity contribution in [3.8, 4) is 5.88 Å². The zero-order valence-corrected chi connectivity index (χ0v) is 22.3. The number of aromatic nitrogens is 4. The van der Waals surface area contributed by atoms with E-state index >= 15 is 0 Å². The maximum atomic E-state index is 14.3. The normalized spacial score (nSPS) is 19.1. The van der Waals surface area contributed by atoms with Gasteiger partial charge < -0.3 is 10.1 Å². The summed E-state index contributed by atoms with van der Waals surface area (Å²) in [6.45, 7) is 11.4. The van der Waals surface area contributed by atoms with Gasteiger partial charge in [0.1, 0.15) is 14.2 Å². The van der Waals surface area contributed by atoms with Crippen molar-refractivity contribution >= 4 is 41.3 Å². The molecule has 1 aliphatic heterocycles. The number of hydrogen-bond donors (Lipinski definition) is 1. The van der Waals surface area contributed by atoms with Gasteiger partial charge in [0.05, 0.1) is 22.8 Å². The number of nitrogens with one attached hydrogen (secondary N) is 1. The van der Waals surface area contributed by atoms with Crippen molar-refractivity contribution in [2.24, 2.45) is 0 Å². The summed E-state index contributed by atoms with van der Waals surface area (Å²) < 4.78 is 22.4. The molecule has 184 valence electrons. The first-order chi connectivity index (χ1) is 16.3. The van der Waals surface area contributed by atoms with Crippen LogP contribution in [0.25, 0.3) is 5.52 Å². The maximum absolute atomic E-state index is 14.3. The second-order valence-electron chi connectivity index (χ2n) is 9.13. The second kappa shape index (κ2) is 10.1. The van der Waals surface area contributed by atoms with E-state index in [1.165, 1.54) is 41.7 Å². The molecule has 0 unspecified atom stereocenters. The lowest BCUT2D eigenvalue weighted by atomic mass is 10.2. The minimum Gasteiger partial charge on any atom is -0.472 e. The summed E-state index contributed by atoms with van der Waals surface area (Å²) >= 11 is 1.17. The average molecular weight is 505 g/mol. The molecule has 0 radical (unpaired) electrons. The quantitative estimate of drug-likeness (QED) is 0.443. The third-order valence-corrected chi connectivity index (χ3v) is 13.4. The predicted octanol–water partition coefficient (Wildman–Crippen LogP) is 4.04. The number of hydrogen-bond acceptors (Lipinski definition) is 7. The molecule has 0 bridgehead atoms. The average Bonchev–Trinajstić information content (AvgIpc) is 3.47. The lowest BCUT2D eigenvalue weighted by Gasteiger charge is -2.25. The van der Waals surface area contributed by atoms with E-state index < -0.39 is 14.0 Å². The molecule has 0 saturated carbocycles. The minimum absolute atomic E-state index is 0.0452. The van der Waals surface area contributed by atoms with Gasteiger partial charge >= 0.3 is 0 Å². The Hall–Kier alpha value is -2.37. The number of ether oxygens (including phenoxy) is 1. The van der Waals surface area contributed by atoms with Crippen molar-refractivity contribution in [1.29, 1.82) is 0 Å². The third-order valence-electron chi connectivity index (χ3n) is 7.13. The van der Waals surface area contributed by atoms with Gasteiger partial charge in [-0.15, -0.1) is 0 Å². The van der Waals surface area contributed by atoms with E-state index in [1.807, 2.05) is 16.9 Å². The largest absolute Gasteiger partial charge is 0.472 e. The van der Waals surface area contributed by atoms with Crippen LogP contribution in [0.1, 0.15) is 45.9 Å². The van der Waals surface area contributed by atoms with Gasteiger partial charge in [-0.1, -0.05) is 50.2 Å². The summed E-state index contributed by atoms with van der Waals surface area (Å²) in [5.74, 6) is -0.239. The van der Waals surface area contributed by atoms with E-state index in [9.17, 15) is 9.18 Å². The molecule has 3 aromatic heterocycles. The van der Waals surface area contributed by atoms with E-state index in [0.29, 0.717) is 23.8 Å². The molecule has 4 rings (SSSR count). The van der Waals surface area contributed by atoms with Crippen molar-refractivity contribution in [3.63, 3.8) is 0 Å². The van der Waals surface area contributed by atoms with Crippen molar-refractivity contribution < 1.29 is 13.9 Å². The highest BCUT2D eigenvalue weighted by atomic mass is 32.1. The van der Waals surface area contributed by atoms with Crippen LogP contribution in [0.15, 0.2) is 18.5 Å². The second-order valence-corrected chi connectivity index (χ2v) is 15.4. The molecule has 1 aliphatic rings. The van der Waals surface area contributed by atoms with Crippen LogP contribution >= 0.6 is 11.3 Å². The molecule has 1 N–H and O–H groups in total. The van der Waals surface area contributed by atoms with Crippen molar-refractivity contribution in [2.45, 2.75) is 77.9 Å². The Morgan fingerprint density at radius 2 is 2.06 bits per heavy atom. The summed E-state index contributed by atoms with van der Waals surface area (Å²) in [6, 6.07) is 5.97. The Labute approximate surface area is 204 Å². The number of nitrogens with zero attached hydrogens (tertiary/aromatic N) is 5. The number of carbonyl (C=O) groups is 1. The van der Waals surface area contributed by atoms with Crippen LogP contribution in [-0.2, 0) is 11.3 Å². The summed E-state index contributed by atoms with van der Waals surface area (Å²) in [5, 5.41) is 9.00. The summed E-state index contributed by atoms with van der Waals surface area (Å²) in [6.07, 6.45) is 4.48. The fourth-order valence-corrected chi connectivity index (χ4v) is 9.11. The standard InChI is InChI=1S/C23H33FN6O2SSi/c1-6-34(7-2,8-3)21-10-17-11-25-20(14-30(17)28-21)32-18-9-15(4)29(12-18)13-19-22(24)27-23(33-19)26-16(5)31/h10-11,14-15,18H,6-9,12-13H2,1-5H3,(H,26,27,31)/t15-,18+/m0/s1. The molecule has 1 amide bonds. The molecule has 0 spiro atoms. The fourth-order valence-electron chi connectivity index (χ4n) is 4.83. The number of likely N-dealkylation sites (tertiary alicyclic amines) is 1. The van der Waals surface area contributed by atoms with Gasteiger partial charge in [0.15, 0.2) is 5.13 Å². The first-order valence-electron chi connectivity index (χ1n) is 12.0. The zero-order chi connectivity index (χ0) is 24.5. The Kier molecular flexibility index (Phi) is 7.34. The number of anilines is 1. The number of thiazole rings is 1. The van der Waals surface area contributed by atoms with E-state index in [4.69, 9.17) is 9.84 Å². The first-order valence-corrected chi connectivity index (χ1v) is 15.4. The van der Waals surface area contributed by atoms with Gasteiger partial charge in [0.25, 0.3) is 0 Å². The Balaban J connectivity index is 1.44. The van der Waals surface area contributed by atoms with Gasteiger partial charge in [-0.05, 0) is 13.0 Å². The molecule has 8 nitrogen and oxygen atoms in total. The maximum Gasteiger partial charge on any atom is 0.232 e. The number of carbonyl (C=O) groups excluding carboxylic acids is 1. The number of halogens is 1. The van der Waals surface area contributed by atoms with E-state index in [0.717, 1.165) is 11.9 Å². The van der Waals surface area contributed by atoms with Crippen LogP contribution in [0.4, 0.5) is 9.52 Å². The third kappa shape index (κ3) is 5.01. The van der Waals surface area contributed by atoms with Crippen LogP contribution in [0.5, 0.6) is 5.88 Å². The molecule has 11 heteroatoms. The molecule has 1 saturated heterocycles. The smallest absolute Gasteiger partial charge is 0.232 e. The highest BCUT2D eigenvalue weighted by Crippen LogP contribution is 2.28. The van der Waals surface area contributed by atoms with Gasteiger partial charge in [-0.3, -0.25) is 9.69 Å². The van der Waals surface area contributed by atoms with E-state index in [1.54, 1.807) is 0 Å². The molecule has 4 heterocycles. The Morgan fingerprint density at radius 3 is 2.74 bits per heavy atom. The summed E-state index contributed by atoms with van der Waals surface area (Å²) in [5.41, 5.74) is 0.992. The Morgan fingerprint density at radius 1 is 1.32 bits per heavy atom. The highest BCUT2D eigenvalue weighted by Gasteiger charge is 2.33. The van der Waals surface area contributed by atoms with Crippen molar-refractivity contribution in [1.82, 2.24) is 24.5 Å². The molecule has 34 heavy (non-hydrogen) atoms. The van der Waals surface area contributed by atoms with Gasteiger partial charge in [-0.25, -0.2) is 9.50 Å². The highest BCUT2D eigenvalue weighted by molar-refractivity contribution is 7.15. The van der Waals surface area contributed by atoms with E-state index in [-0.39, 0.29) is 23.2 Å². The van der Waals surface area contributed by atoms with Crippen LogP contribution < -0.4 is 15.4 Å². The molecular weight excluding hydrogens is 471 g/mol. The lowest BCUT2D eigenvalue weighted by molar-refractivity contribution is -0.114. The Bertz CT molecular complexity index is 1160. The number of fused-ring (bicyclic) bond motifs is 1. The van der Waals surface area contributed by atoms with Crippen LogP contribution in [0.2, 0.25) is 18.1 Å². The molecule has 0 aliphatic carbocycles. The van der Waals surface area contributed by atoms with Crippen LogP contribution in [-0.4, -0.2) is 57.2 Å². The topological polar surface area (TPSA) is 84.6 Å². The number of amides is 1. The zero-order valence-electron chi connectivity index (χ0n) is 20.5. The van der Waals surface area contributed by atoms with Gasteiger partial charge in [0.2, 0.25) is 17.7 Å². The fraction of sp³-hybridized carbons (Fsp3) is 0.565. The molecule has 2 atom stereocenters. The minimum atomic E-state index is -1.56. The molecular formula is C23H33FN6O2SSi. The van der Waals surface area contributed by atoms with Gasteiger partial charge in [-0.2, -0.15) is 14.5 Å². The lowest BCUT2D eigenvalue weighted by Crippen LogP contribution is -2.46. The molecule has 3 aromatic rings. The van der Waals surface area contributed by atoms with E-state index in [2.05, 4.69) is 53.9 Å². The molecule has 0 aromatic carbocycles. The summed E-state index contributed by atoms with van der Waals surface area (Å²) in [7, 11) is -1.56. The van der Waals surface area contributed by atoms with Crippen molar-refractivity contribution in [3.05, 3.63) is 29.3 Å². The molecule has 1 fully saturated rings.